The highest BCUT2D eigenvalue weighted by Crippen LogP contribution is 2.50. The number of carbonyl (C=O) groups is 6. The Bertz CT molecular complexity index is 4150. The van der Waals surface area contributed by atoms with Gasteiger partial charge in [-0.05, 0) is 175 Å². The second kappa shape index (κ2) is 50.5. The van der Waals surface area contributed by atoms with Gasteiger partial charge in [-0.1, -0.05) is 119 Å². The van der Waals surface area contributed by atoms with Crippen LogP contribution >= 0.6 is 83.1 Å². The predicted octanol–water partition coefficient (Wildman–Crippen LogP) is 11.9. The number of carbonyl (C=O) groups excluding carboxylic acids is 6. The fraction of sp³-hybridized carbons (Fsp3) is 0.804. The fourth-order valence-corrected chi connectivity index (χ4v) is 22.4. The van der Waals surface area contributed by atoms with E-state index in [-0.39, 0.29) is 111 Å². The Balaban J connectivity index is 0.000000194. The van der Waals surface area contributed by atoms with E-state index in [0.717, 1.165) is 44.5 Å². The van der Waals surface area contributed by atoms with E-state index >= 15 is 0 Å². The van der Waals surface area contributed by atoms with E-state index in [1.54, 1.807) is 110 Å². The van der Waals surface area contributed by atoms with Crippen molar-refractivity contribution >= 4 is 130 Å². The Morgan fingerprint density at radius 2 is 0.844 bits per heavy atom. The van der Waals surface area contributed by atoms with Crippen molar-refractivity contribution in [3.8, 4) is 0 Å². The first kappa shape index (κ1) is 118. The molecule has 2 aromatic carbocycles. The van der Waals surface area contributed by atoms with Gasteiger partial charge in [-0.2, -0.15) is 8.42 Å². The zero-order valence-electron chi connectivity index (χ0n) is 81.8. The third-order valence-electron chi connectivity index (χ3n) is 22.6. The minimum absolute atomic E-state index is 0.00727. The van der Waals surface area contributed by atoms with Crippen molar-refractivity contribution in [2.75, 3.05) is 53.9 Å². The Morgan fingerprint density at radius 1 is 0.452 bits per heavy atom. The topological polar surface area (TPSA) is 428 Å². The van der Waals surface area contributed by atoms with Gasteiger partial charge in [-0.25, -0.2) is 9.59 Å². The number of methoxy groups -OCH3 is 2. The number of alkyl halides is 3. The van der Waals surface area contributed by atoms with Crippen molar-refractivity contribution in [1.29, 1.82) is 0 Å². The van der Waals surface area contributed by atoms with Gasteiger partial charge >= 0.3 is 11.9 Å². The number of rotatable bonds is 27. The normalized spacial score (nSPS) is 36.2. The molecule has 0 radical (unpaired) electrons. The zero-order chi connectivity index (χ0) is 101. The summed E-state index contributed by atoms with van der Waals surface area (Å²) in [6, 6.07) is 17.3. The lowest BCUT2D eigenvalue weighted by Crippen LogP contribution is -2.59. The summed E-state index contributed by atoms with van der Waals surface area (Å²) in [5.74, 6) is -7.76. The van der Waals surface area contributed by atoms with Gasteiger partial charge in [0.15, 0.2) is 89.4 Å². The van der Waals surface area contributed by atoms with Crippen LogP contribution in [0.1, 0.15) is 206 Å². The summed E-state index contributed by atoms with van der Waals surface area (Å²) in [6.07, 6.45) is -1.51. The molecule has 135 heavy (non-hydrogen) atoms. The molecule has 30 unspecified atom stereocenters. The Hall–Kier alpha value is -2.54. The first-order valence-electron chi connectivity index (χ1n) is 45.3. The second-order valence-electron chi connectivity index (χ2n) is 38.0. The summed E-state index contributed by atoms with van der Waals surface area (Å²) in [5.41, 5.74) is -1.18. The van der Waals surface area contributed by atoms with Crippen LogP contribution in [0.5, 0.6) is 0 Å². The van der Waals surface area contributed by atoms with E-state index < -0.39 is 158 Å². The summed E-state index contributed by atoms with van der Waals surface area (Å²) < 4.78 is 162. The molecule has 12 aliphatic heterocycles. The number of aldehydes is 4. The van der Waals surface area contributed by atoms with Crippen molar-refractivity contribution in [2.45, 2.75) is 406 Å². The number of thioether (sulfide) groups is 3. The Morgan fingerprint density at radius 3 is 1.32 bits per heavy atom. The molecule has 2 aromatic rings. The van der Waals surface area contributed by atoms with Crippen molar-refractivity contribution in [2.24, 2.45) is 5.92 Å². The SMILES string of the molecule is CC(COS(C)(=O)=O)C1OC(C)(C)OC1C=O.CC1(C)OCC(Br)C(C2OC(C)(C)OC2C=O)O1.CC1(C)OCC2SC(O)C3OC(C)(C)OC3C2O1.CCC(Br)C1OC(C)(C)OC1C(C=O)OC(=O)c1ccccc1.CCC(Br)C1OC(C)(C)OC1C(C=O)OCOC.CCC1SC(O)C(OC(=O)c2ccccc2)C2OC(C)(C)OC12.CCC1SC(O)C(OCOC)C2OC(C)(C)OC12. The van der Waals surface area contributed by atoms with Crippen molar-refractivity contribution in [1.82, 2.24) is 0 Å². The highest BCUT2D eigenvalue weighted by atomic mass is 79.9. The molecule has 0 saturated carbocycles. The minimum Gasteiger partial charge on any atom is -0.452 e. The molecule has 12 saturated heterocycles. The van der Waals surface area contributed by atoms with Gasteiger partial charge in [0.05, 0.1) is 53.4 Å². The van der Waals surface area contributed by atoms with Crippen LogP contribution in [0.25, 0.3) is 0 Å². The van der Waals surface area contributed by atoms with E-state index in [2.05, 4.69) is 58.9 Å². The Labute approximate surface area is 832 Å². The molecular weight excluding hydrogens is 2050 g/mol. The van der Waals surface area contributed by atoms with Crippen molar-refractivity contribution in [3.05, 3.63) is 71.8 Å². The molecule has 12 fully saturated rings. The standard InChI is InChI=1S/C17H21BrO5.C17H22O5S.C12H19BrO5.C12H21BrO5.C12H20O5S.C12H22O5S.C10H18O6S/c1-4-12(18)14-15(23-17(2,3)22-14)13(10-19)21-16(20)11-8-6-5-7-9-11;1-4-11-12-13(22-17(2,3)21-12)14(16(19)23-11)20-15(18)10-8-6-5-7-9-10;1-11(2)15-6-7(13)9(17-11)10-8(5-14)16-12(3,4)18-10;1-5-8(13)10-11(18-12(2,3)17-10)9(6-14)16-7-15-4;1-11(2)14-5-6-7(15-11)8-9(10(13)18-6)17-12(3,4)16-8;1-5-7-8-9(17-12(2,3)16-8)10(11(13)18-7)15-6-14-4;1-7(6-14-17(4,12)13)9-8(5-11)15-10(2,3)16-9/h5-10,12-15H,4H2,1-3H3;5-9,11-14,16,19H,4H2,1-3H3;5,7-10H,6H2,1-4H3;6,8-11H,5,7H2,1-4H3;6-10,13H,5H2,1-4H3;7-11,13H,5-6H2,1-4H3;5,7-9H,6H2,1-4H3. The van der Waals surface area contributed by atoms with E-state index in [9.17, 15) is 52.5 Å². The van der Waals surface area contributed by atoms with Gasteiger partial charge < -0.3 is 143 Å². The maximum absolute atomic E-state index is 12.3. The molecule has 0 amide bonds. The van der Waals surface area contributed by atoms with Crippen LogP contribution in [0.3, 0.4) is 0 Å². The molecule has 30 atom stereocenters. The second-order valence-corrected chi connectivity index (χ2v) is 47.2. The van der Waals surface area contributed by atoms with Crippen LogP contribution in [0.15, 0.2) is 60.7 Å². The lowest BCUT2D eigenvalue weighted by Gasteiger charge is -2.47. The monoisotopic (exact) mass is 2190 g/mol. The third-order valence-corrected chi connectivity index (χ3v) is 30.5. The molecule has 12 heterocycles. The van der Waals surface area contributed by atoms with Crippen molar-refractivity contribution in [3.63, 3.8) is 0 Å². The maximum atomic E-state index is 12.3. The summed E-state index contributed by atoms with van der Waals surface area (Å²) >= 11 is 14.9. The molecule has 12 aliphatic rings. The number of hydrogen-bond donors (Lipinski definition) is 3. The van der Waals surface area contributed by atoms with Gasteiger partial charge in [0, 0.05) is 40.3 Å². The molecular formula is C92H143Br3O36S4. The molecule has 0 spiro atoms. The molecule has 43 heteroatoms. The molecule has 772 valence electrons. The van der Waals surface area contributed by atoms with Gasteiger partial charge in [0.2, 0.25) is 0 Å². The predicted molar refractivity (Wildman–Crippen MR) is 507 cm³/mol. The largest absolute Gasteiger partial charge is 0.452 e. The highest BCUT2D eigenvalue weighted by Gasteiger charge is 2.61. The number of aliphatic hydroxyl groups is 3. The zero-order valence-corrected chi connectivity index (χ0v) is 89.9. The number of halogens is 3. The summed E-state index contributed by atoms with van der Waals surface area (Å²) in [4.78, 5) is 69.2. The van der Waals surface area contributed by atoms with Crippen LogP contribution in [-0.2, 0) is 147 Å². The van der Waals surface area contributed by atoms with E-state index in [4.69, 9.17) is 114 Å². The Kier molecular flexibility index (Phi) is 44.0. The van der Waals surface area contributed by atoms with Gasteiger partial charge in [0.1, 0.15) is 134 Å². The van der Waals surface area contributed by atoms with Gasteiger partial charge in [-0.15, -0.1) is 35.3 Å². The smallest absolute Gasteiger partial charge is 0.338 e. The van der Waals surface area contributed by atoms with Crippen LogP contribution in [0.2, 0.25) is 0 Å². The van der Waals surface area contributed by atoms with Gasteiger partial charge in [-0.3, -0.25) is 8.98 Å². The lowest BCUT2D eigenvalue weighted by atomic mass is 10.0. The maximum Gasteiger partial charge on any atom is 0.338 e. The van der Waals surface area contributed by atoms with Crippen LogP contribution in [0, 0.1) is 5.92 Å². The molecule has 3 N–H and O–H groups in total. The summed E-state index contributed by atoms with van der Waals surface area (Å²) in [5, 5.41) is 31.2. The van der Waals surface area contributed by atoms with E-state index in [1.165, 1.54) is 42.4 Å². The highest BCUT2D eigenvalue weighted by molar-refractivity contribution is 9.10. The van der Waals surface area contributed by atoms with E-state index in [1.807, 2.05) is 110 Å². The van der Waals surface area contributed by atoms with E-state index in [0.29, 0.717) is 36.9 Å². The molecule has 14 rings (SSSR count). The average Bonchev–Trinajstić information content (AvgIpc) is 1.73. The average molecular weight is 2190 g/mol. The quantitative estimate of drug-likeness (QED) is 0.0246. The lowest BCUT2D eigenvalue weighted by molar-refractivity contribution is -0.292. The first-order valence-corrected chi connectivity index (χ1v) is 52.7. The summed E-state index contributed by atoms with van der Waals surface area (Å²) in [6.45, 7) is 44.0. The van der Waals surface area contributed by atoms with Gasteiger partial charge in [0.25, 0.3) is 10.1 Å². The molecule has 0 aromatic heterocycles. The number of esters is 2. The number of hydrogen-bond acceptors (Lipinski definition) is 39. The first-order chi connectivity index (χ1) is 62.9. The summed E-state index contributed by atoms with van der Waals surface area (Å²) in [7, 11) is -0.418. The molecule has 0 bridgehead atoms. The van der Waals surface area contributed by atoms with Crippen LogP contribution < -0.4 is 0 Å². The third kappa shape index (κ3) is 33.8. The minimum atomic E-state index is -3.49. The number of ether oxygens (including phenoxy) is 24. The fourth-order valence-electron chi connectivity index (χ4n) is 16.8. The van der Waals surface area contributed by atoms with Crippen LogP contribution in [-0.4, -0.2) is 335 Å². The molecule has 36 nitrogen and oxygen atoms in total. The van der Waals surface area contributed by atoms with Crippen LogP contribution in [0.4, 0.5) is 0 Å². The van der Waals surface area contributed by atoms with Crippen molar-refractivity contribution < 1.29 is 170 Å². The number of aliphatic hydroxyl groups excluding tert-OH is 3. The number of fused-ring (bicyclic) bond motifs is 5. The molecule has 0 aliphatic carbocycles. The number of benzene rings is 2.